The number of nitrogens with zero attached hydrogens (tertiary/aromatic N) is 4. The predicted octanol–water partition coefficient (Wildman–Crippen LogP) is 15.0. The van der Waals surface area contributed by atoms with Crippen LogP contribution >= 0.6 is 0 Å². The Morgan fingerprint density at radius 3 is 1.15 bits per heavy atom. The third-order valence-electron chi connectivity index (χ3n) is 13.0. The van der Waals surface area contributed by atoms with Crippen molar-refractivity contribution < 1.29 is 22.4 Å². The van der Waals surface area contributed by atoms with Gasteiger partial charge in [0.05, 0.1) is 0 Å². The minimum absolute atomic E-state index is 0.0492. The van der Waals surface area contributed by atoms with E-state index in [0.717, 1.165) is 29.7 Å². The summed E-state index contributed by atoms with van der Waals surface area (Å²) in [5, 5.41) is 0. The van der Waals surface area contributed by atoms with Gasteiger partial charge in [-0.15, -0.1) is 0 Å². The quantitative estimate of drug-likeness (QED) is 0.115. The fourth-order valence-corrected chi connectivity index (χ4v) is 9.30. The lowest BCUT2D eigenvalue weighted by atomic mass is 9.97. The van der Waals surface area contributed by atoms with Gasteiger partial charge in [-0.05, 0) is 147 Å². The van der Waals surface area contributed by atoms with Gasteiger partial charge >= 0.3 is 0 Å². The van der Waals surface area contributed by atoms with E-state index in [-0.39, 0.29) is 5.92 Å². The van der Waals surface area contributed by atoms with E-state index in [1.807, 2.05) is 69.8 Å². The Morgan fingerprint density at radius 1 is 0.375 bits per heavy atom. The SMILES string of the molecule is Cc1ccccc1-c1cc(CC(C)C)cc[n+]1C.Cc1ccccc1-c1ccc(CC(C)C)c[n+]1C.[2H]C(C)(C)c1c[n+](C)c(-c2ccccc2C)cc1C.[2H]C([2H])(c1ccc(-c2ccccc2C)[n+](C)c1)C(C)C. The molecule has 0 saturated carbocycles. The molecule has 0 N–H and O–H groups in total. The van der Waals surface area contributed by atoms with Gasteiger partial charge in [-0.3, -0.25) is 0 Å². The highest BCUT2D eigenvalue weighted by atomic mass is 14.9. The highest BCUT2D eigenvalue weighted by molar-refractivity contribution is 5.63. The van der Waals surface area contributed by atoms with Crippen LogP contribution in [-0.4, -0.2) is 0 Å². The summed E-state index contributed by atoms with van der Waals surface area (Å²) in [6.07, 6.45) is 9.39. The largest absolute Gasteiger partial charge is 0.212 e. The van der Waals surface area contributed by atoms with E-state index in [4.69, 9.17) is 4.11 Å². The molecule has 8 aromatic rings. The van der Waals surface area contributed by atoms with Gasteiger partial charge < -0.3 is 0 Å². The topological polar surface area (TPSA) is 15.5 Å². The fraction of sp³-hybridized carbons (Fsp3) is 0.353. The molecule has 0 unspecified atom stereocenters. The third-order valence-corrected chi connectivity index (χ3v) is 13.0. The van der Waals surface area contributed by atoms with E-state index in [0.29, 0.717) is 11.8 Å². The summed E-state index contributed by atoms with van der Waals surface area (Å²) in [6.45, 7) is 27.4. The summed E-state index contributed by atoms with van der Waals surface area (Å²) in [7, 11) is 8.27. The van der Waals surface area contributed by atoms with Gasteiger partial charge in [0.2, 0.25) is 22.8 Å². The Hall–Kier alpha value is -6.52. The van der Waals surface area contributed by atoms with Crippen LogP contribution < -0.4 is 18.3 Å². The minimum Gasteiger partial charge on any atom is -0.201 e. The predicted molar refractivity (Wildman–Crippen MR) is 306 cm³/mol. The second kappa shape index (κ2) is 26.8. The van der Waals surface area contributed by atoms with Crippen molar-refractivity contribution in [1.29, 1.82) is 0 Å². The van der Waals surface area contributed by atoms with Gasteiger partial charge in [-0.1, -0.05) is 128 Å². The summed E-state index contributed by atoms with van der Waals surface area (Å²) in [6, 6.07) is 48.9. The number of pyridine rings is 4. The van der Waals surface area contributed by atoms with Crippen molar-refractivity contribution in [2.45, 2.75) is 115 Å². The van der Waals surface area contributed by atoms with Crippen molar-refractivity contribution in [3.05, 3.63) is 214 Å². The molecule has 0 atom stereocenters. The summed E-state index contributed by atoms with van der Waals surface area (Å²) in [5.41, 5.74) is 20.9. The normalized spacial score (nSPS) is 11.9. The highest BCUT2D eigenvalue weighted by Crippen LogP contribution is 2.26. The molecule has 4 heterocycles. The third kappa shape index (κ3) is 16.0. The van der Waals surface area contributed by atoms with Gasteiger partial charge in [0, 0.05) is 73.4 Å². The lowest BCUT2D eigenvalue weighted by molar-refractivity contribution is -0.661. The van der Waals surface area contributed by atoms with Crippen molar-refractivity contribution in [3.63, 3.8) is 0 Å². The monoisotopic (exact) mass is 964 g/mol. The standard InChI is InChI=1S/4C17H22N/c1-12(2)16-11-18(5)17(10-14(16)4)15-9-7-6-8-13(15)3;1-13(2)11-15-9-10-18(4)17(12-15)16-8-6-5-7-14(16)3;2*1-13(2)11-15-9-10-17(18(4)12-15)16-8-6-5-7-14(16)3/h6-12H,1-5H3;3*5-10,12-13H,11H2,1-4H3/q4*+1/i12D;;11D2;. The second-order valence-electron chi connectivity index (χ2n) is 21.1. The van der Waals surface area contributed by atoms with Crippen molar-refractivity contribution in [1.82, 2.24) is 0 Å². The van der Waals surface area contributed by atoms with Gasteiger partial charge in [0.1, 0.15) is 28.2 Å². The maximum absolute atomic E-state index is 8.21. The van der Waals surface area contributed by atoms with Gasteiger partial charge in [-0.25, -0.2) is 18.3 Å². The molecule has 376 valence electrons. The average molecular weight is 964 g/mol. The Morgan fingerprint density at radius 2 is 0.750 bits per heavy atom. The molecule has 8 rings (SSSR count). The summed E-state index contributed by atoms with van der Waals surface area (Å²) < 4.78 is 33.2. The Kier molecular flexibility index (Phi) is 19.3. The number of benzene rings is 4. The first-order chi connectivity index (χ1) is 35.3. The molecule has 72 heavy (non-hydrogen) atoms. The van der Waals surface area contributed by atoms with Crippen LogP contribution in [0.25, 0.3) is 45.0 Å². The maximum atomic E-state index is 8.21. The van der Waals surface area contributed by atoms with Gasteiger partial charge in [0.15, 0.2) is 24.8 Å². The van der Waals surface area contributed by atoms with Crippen LogP contribution in [0.5, 0.6) is 0 Å². The van der Waals surface area contributed by atoms with Crippen LogP contribution in [0.4, 0.5) is 0 Å². The molecule has 0 aliphatic rings. The van der Waals surface area contributed by atoms with E-state index in [2.05, 4.69) is 231 Å². The molecular formula is C68H88N4+4. The molecule has 0 radical (unpaired) electrons. The molecule has 4 nitrogen and oxygen atoms in total. The molecule has 0 aliphatic carbocycles. The first-order valence-electron chi connectivity index (χ1n) is 27.5. The van der Waals surface area contributed by atoms with Crippen molar-refractivity contribution in [2.24, 2.45) is 45.9 Å². The molecule has 4 heteroatoms. The molecule has 0 spiro atoms. The van der Waals surface area contributed by atoms with Crippen molar-refractivity contribution >= 4 is 0 Å². The van der Waals surface area contributed by atoms with Crippen LogP contribution in [0.3, 0.4) is 0 Å². The van der Waals surface area contributed by atoms with E-state index in [9.17, 15) is 0 Å². The summed E-state index contributed by atoms with van der Waals surface area (Å²) in [5.74, 6) is 0.787. The molecule has 0 amide bonds. The fourth-order valence-electron chi connectivity index (χ4n) is 9.30. The van der Waals surface area contributed by atoms with Crippen LogP contribution in [-0.2, 0) is 47.4 Å². The van der Waals surface area contributed by atoms with Crippen LogP contribution in [0.2, 0.25) is 0 Å². The molecular weight excluding hydrogens is 873 g/mol. The zero-order chi connectivity index (χ0) is 55.4. The number of aromatic nitrogens is 4. The highest BCUT2D eigenvalue weighted by Gasteiger charge is 2.18. The van der Waals surface area contributed by atoms with Crippen LogP contribution in [0, 0.1) is 52.4 Å². The summed E-state index contributed by atoms with van der Waals surface area (Å²) >= 11 is 0. The lowest BCUT2D eigenvalue weighted by Crippen LogP contribution is -2.32. The first-order valence-corrected chi connectivity index (χ1v) is 26.0. The lowest BCUT2D eigenvalue weighted by Gasteiger charge is -2.11. The van der Waals surface area contributed by atoms with Gasteiger partial charge in [0.25, 0.3) is 0 Å². The summed E-state index contributed by atoms with van der Waals surface area (Å²) in [4.78, 5) is 0. The van der Waals surface area contributed by atoms with Gasteiger partial charge in [-0.2, -0.15) is 0 Å². The molecule has 0 bridgehead atoms. The Balaban J connectivity index is 0.000000185. The number of rotatable bonds is 11. The second-order valence-corrected chi connectivity index (χ2v) is 21.1. The van der Waals surface area contributed by atoms with E-state index < -0.39 is 12.3 Å². The number of hydrogen-bond acceptors (Lipinski definition) is 0. The number of aryl methyl sites for hydroxylation is 9. The van der Waals surface area contributed by atoms with Crippen LogP contribution in [0.15, 0.2) is 164 Å². The minimum atomic E-state index is -1.30. The zero-order valence-corrected chi connectivity index (χ0v) is 47.0. The molecule has 4 aromatic carbocycles. The van der Waals surface area contributed by atoms with E-state index in [1.54, 1.807) is 0 Å². The molecule has 4 aromatic heterocycles. The first kappa shape index (κ1) is 51.8. The van der Waals surface area contributed by atoms with Crippen LogP contribution in [0.1, 0.15) is 115 Å². The van der Waals surface area contributed by atoms with Crippen molar-refractivity contribution in [2.75, 3.05) is 0 Å². The average Bonchev–Trinajstić information content (AvgIpc) is 3.34. The van der Waals surface area contributed by atoms with Crippen molar-refractivity contribution in [3.8, 4) is 45.0 Å². The van der Waals surface area contributed by atoms with E-state index in [1.165, 1.54) is 78.3 Å². The zero-order valence-electron chi connectivity index (χ0n) is 50.0. The Labute approximate surface area is 441 Å². The maximum Gasteiger partial charge on any atom is 0.212 e. The molecule has 0 saturated heterocycles. The Bertz CT molecular complexity index is 3160. The van der Waals surface area contributed by atoms with E-state index >= 15 is 0 Å². The number of hydrogen-bond donors (Lipinski definition) is 0. The smallest absolute Gasteiger partial charge is 0.201 e. The molecule has 0 fully saturated rings. The molecule has 0 aliphatic heterocycles.